The van der Waals surface area contributed by atoms with Crippen molar-refractivity contribution in [1.82, 2.24) is 0 Å². The highest BCUT2D eigenvalue weighted by Crippen LogP contribution is 1.88. The van der Waals surface area contributed by atoms with Crippen molar-refractivity contribution >= 4 is 5.97 Å². The van der Waals surface area contributed by atoms with Crippen molar-refractivity contribution in [3.8, 4) is 0 Å². The highest BCUT2D eigenvalue weighted by atomic mass is 16.5. The highest BCUT2D eigenvalue weighted by Gasteiger charge is 1.96. The monoisotopic (exact) mass is 172 g/mol. The topological polar surface area (TPSA) is 51.0 Å². The lowest BCUT2D eigenvalue weighted by molar-refractivity contribution is -0.141. The van der Waals surface area contributed by atoms with Crippen molar-refractivity contribution < 1.29 is 9.53 Å². The first-order chi connectivity index (χ1) is 5.81. The zero-order chi connectivity index (χ0) is 9.23. The molecule has 0 saturated heterocycles. The molecule has 0 aromatic heterocycles. The molecule has 0 aliphatic carbocycles. The van der Waals surface area contributed by atoms with E-state index in [4.69, 9.17) is 0 Å². The largest absolute Gasteiger partial charge is 0.465 e. The smallest absolute Gasteiger partial charge is 0.329 e. The average molecular weight is 172 g/mol. The number of carbonyl (C=O) groups excluding carboxylic acids is 1. The molecule has 4 nitrogen and oxygen atoms in total. The van der Waals surface area contributed by atoms with Gasteiger partial charge < -0.3 is 4.74 Å². The minimum absolute atomic E-state index is 0.0531. The van der Waals surface area contributed by atoms with Crippen LogP contribution in [0.3, 0.4) is 0 Å². The lowest BCUT2D eigenvalue weighted by atomic mass is 10.3. The van der Waals surface area contributed by atoms with E-state index in [1.807, 2.05) is 0 Å². The molecule has 0 unspecified atom stereocenters. The van der Waals surface area contributed by atoms with Crippen LogP contribution in [0.1, 0.15) is 26.7 Å². The Bertz CT molecular complexity index is 146. The Labute approximate surface area is 73.0 Å². The normalized spacial score (nSPS) is 10.5. The number of ether oxygens (including phenoxy) is 1. The number of carbonyl (C=O) groups is 1. The van der Waals surface area contributed by atoms with Crippen LogP contribution in [-0.2, 0) is 9.53 Å². The van der Waals surface area contributed by atoms with Gasteiger partial charge in [-0.15, -0.1) is 0 Å². The summed E-state index contributed by atoms with van der Waals surface area (Å²) in [5.41, 5.74) is 0. The molecule has 0 fully saturated rings. The Morgan fingerprint density at radius 1 is 1.33 bits per heavy atom. The van der Waals surface area contributed by atoms with Crippen LogP contribution in [-0.4, -0.2) is 25.7 Å². The maximum Gasteiger partial charge on any atom is 0.329 e. The molecule has 0 spiro atoms. The van der Waals surface area contributed by atoms with E-state index < -0.39 is 0 Å². The van der Waals surface area contributed by atoms with E-state index in [9.17, 15) is 4.79 Å². The third-order valence-electron chi connectivity index (χ3n) is 1.22. The molecule has 0 saturated carbocycles. The molecular formula is C8H16N2O2. The summed E-state index contributed by atoms with van der Waals surface area (Å²) in [5.74, 6) is -0.308. The Morgan fingerprint density at radius 2 is 2.08 bits per heavy atom. The molecule has 70 valence electrons. The van der Waals surface area contributed by atoms with E-state index in [2.05, 4.69) is 21.9 Å². The van der Waals surface area contributed by atoms with E-state index >= 15 is 0 Å². The molecule has 0 rings (SSSR count). The van der Waals surface area contributed by atoms with Gasteiger partial charge in [0.05, 0.1) is 13.2 Å². The lowest BCUT2D eigenvalue weighted by Gasteiger charge is -1.95. The van der Waals surface area contributed by atoms with Crippen molar-refractivity contribution in [2.75, 3.05) is 19.7 Å². The van der Waals surface area contributed by atoms with E-state index in [1.54, 1.807) is 6.92 Å². The zero-order valence-electron chi connectivity index (χ0n) is 7.75. The van der Waals surface area contributed by atoms with Crippen LogP contribution in [0.4, 0.5) is 0 Å². The minimum Gasteiger partial charge on any atom is -0.465 e. The van der Waals surface area contributed by atoms with Crippen LogP contribution in [0.5, 0.6) is 0 Å². The SMILES string of the molecule is CCCCN=NCC(=O)OCC. The molecule has 0 atom stereocenters. The number of hydrogen-bond donors (Lipinski definition) is 0. The molecule has 0 N–H and O–H groups in total. The first kappa shape index (κ1) is 11.1. The van der Waals surface area contributed by atoms with Crippen molar-refractivity contribution in [1.29, 1.82) is 0 Å². The highest BCUT2D eigenvalue weighted by molar-refractivity contribution is 5.71. The molecule has 0 amide bonds. The molecule has 0 bridgehead atoms. The van der Waals surface area contributed by atoms with Gasteiger partial charge in [0, 0.05) is 0 Å². The molecular weight excluding hydrogens is 156 g/mol. The van der Waals surface area contributed by atoms with Crippen LogP contribution in [0.2, 0.25) is 0 Å². The van der Waals surface area contributed by atoms with Crippen LogP contribution < -0.4 is 0 Å². The third kappa shape index (κ3) is 7.18. The van der Waals surface area contributed by atoms with Gasteiger partial charge in [-0.1, -0.05) is 13.3 Å². The Hall–Kier alpha value is -0.930. The Morgan fingerprint density at radius 3 is 2.67 bits per heavy atom. The summed E-state index contributed by atoms with van der Waals surface area (Å²) in [6.07, 6.45) is 2.12. The number of nitrogens with zero attached hydrogens (tertiary/aromatic N) is 2. The molecule has 0 aromatic rings. The average Bonchev–Trinajstić information content (AvgIpc) is 2.05. The first-order valence-electron chi connectivity index (χ1n) is 4.30. The van der Waals surface area contributed by atoms with Gasteiger partial charge >= 0.3 is 5.97 Å². The van der Waals surface area contributed by atoms with Crippen molar-refractivity contribution in [2.24, 2.45) is 10.2 Å². The minimum atomic E-state index is -0.308. The van der Waals surface area contributed by atoms with E-state index in [0.29, 0.717) is 13.2 Å². The molecule has 0 aliphatic heterocycles. The van der Waals surface area contributed by atoms with Crippen molar-refractivity contribution in [3.63, 3.8) is 0 Å². The second-order valence-electron chi connectivity index (χ2n) is 2.32. The van der Waals surface area contributed by atoms with Crippen LogP contribution in [0.15, 0.2) is 10.2 Å². The molecule has 4 heteroatoms. The fourth-order valence-electron chi connectivity index (χ4n) is 0.614. The second-order valence-corrected chi connectivity index (χ2v) is 2.32. The fourth-order valence-corrected chi connectivity index (χ4v) is 0.614. The summed E-state index contributed by atoms with van der Waals surface area (Å²) in [6.45, 7) is 5.02. The zero-order valence-corrected chi connectivity index (χ0v) is 7.75. The molecule has 0 heterocycles. The lowest BCUT2D eigenvalue weighted by Crippen LogP contribution is -2.06. The van der Waals surface area contributed by atoms with Gasteiger partial charge in [0.1, 0.15) is 0 Å². The number of esters is 1. The second kappa shape index (κ2) is 8.17. The first-order valence-corrected chi connectivity index (χ1v) is 4.30. The third-order valence-corrected chi connectivity index (χ3v) is 1.22. The summed E-state index contributed by atoms with van der Waals surface area (Å²) in [6, 6.07) is 0. The number of rotatable bonds is 6. The summed E-state index contributed by atoms with van der Waals surface area (Å²) in [5, 5.41) is 7.49. The summed E-state index contributed by atoms with van der Waals surface area (Å²) in [7, 11) is 0. The van der Waals surface area contributed by atoms with Crippen LogP contribution >= 0.6 is 0 Å². The molecule has 12 heavy (non-hydrogen) atoms. The van der Waals surface area contributed by atoms with Crippen molar-refractivity contribution in [2.45, 2.75) is 26.7 Å². The van der Waals surface area contributed by atoms with Crippen LogP contribution in [0, 0.1) is 0 Å². The van der Waals surface area contributed by atoms with E-state index in [0.717, 1.165) is 12.8 Å². The van der Waals surface area contributed by atoms with Gasteiger partial charge in [-0.2, -0.15) is 10.2 Å². The fraction of sp³-hybridized carbons (Fsp3) is 0.875. The number of azo groups is 1. The number of hydrogen-bond acceptors (Lipinski definition) is 4. The quantitative estimate of drug-likeness (QED) is 0.348. The van der Waals surface area contributed by atoms with Crippen LogP contribution in [0.25, 0.3) is 0 Å². The van der Waals surface area contributed by atoms with Gasteiger partial charge in [0.2, 0.25) is 0 Å². The molecule has 0 radical (unpaired) electrons. The summed E-state index contributed by atoms with van der Waals surface area (Å²) >= 11 is 0. The predicted molar refractivity (Wildman–Crippen MR) is 46.1 cm³/mol. The predicted octanol–water partition coefficient (Wildman–Crippen LogP) is 1.80. The van der Waals surface area contributed by atoms with Gasteiger partial charge in [-0.05, 0) is 13.3 Å². The van der Waals surface area contributed by atoms with E-state index in [1.165, 1.54) is 0 Å². The molecule has 0 aromatic carbocycles. The van der Waals surface area contributed by atoms with Crippen molar-refractivity contribution in [3.05, 3.63) is 0 Å². The maximum atomic E-state index is 10.7. The number of unbranched alkanes of at least 4 members (excludes halogenated alkanes) is 1. The Balaban J connectivity index is 3.27. The van der Waals surface area contributed by atoms with Gasteiger partial charge in [0.15, 0.2) is 6.54 Å². The van der Waals surface area contributed by atoms with Gasteiger partial charge in [-0.25, -0.2) is 4.79 Å². The summed E-state index contributed by atoms with van der Waals surface area (Å²) < 4.78 is 4.66. The molecule has 0 aliphatic rings. The maximum absolute atomic E-state index is 10.7. The standard InChI is InChI=1S/C8H16N2O2/c1-3-5-6-9-10-7-8(11)12-4-2/h3-7H2,1-2H3. The summed E-state index contributed by atoms with van der Waals surface area (Å²) in [4.78, 5) is 10.7. The van der Waals surface area contributed by atoms with Gasteiger partial charge in [0.25, 0.3) is 0 Å². The Kier molecular flexibility index (Phi) is 7.54. The van der Waals surface area contributed by atoms with E-state index in [-0.39, 0.29) is 12.5 Å². The van der Waals surface area contributed by atoms with Gasteiger partial charge in [-0.3, -0.25) is 0 Å².